The summed E-state index contributed by atoms with van der Waals surface area (Å²) in [4.78, 5) is 11.5. The quantitative estimate of drug-likeness (QED) is 0.108. The molecule has 1 N–H and O–H groups in total. The average Bonchev–Trinajstić information content (AvgIpc) is 3.08. The summed E-state index contributed by atoms with van der Waals surface area (Å²) in [6.07, 6.45) is 16.7. The molecule has 0 radical (unpaired) electrons. The maximum absolute atomic E-state index is 11.5. The van der Waals surface area contributed by atoms with E-state index in [1.807, 2.05) is 24.3 Å². The van der Waals surface area contributed by atoms with Gasteiger partial charge in [0.15, 0.2) is 0 Å². The van der Waals surface area contributed by atoms with E-state index in [9.17, 15) is 4.89 Å². The molecule has 3 nitrogen and oxygen atoms in total. The summed E-state index contributed by atoms with van der Waals surface area (Å²) in [6, 6.07) is 16.6. The minimum absolute atomic E-state index is 0.188. The van der Waals surface area contributed by atoms with Gasteiger partial charge in [-0.3, -0.25) is 0 Å². The fraction of sp³-hybridized carbons (Fsp3) is 0.769. The zero-order chi connectivity index (χ0) is 42.3. The van der Waals surface area contributed by atoms with Gasteiger partial charge in [-0.15, -0.1) is 0 Å². The molecule has 6 unspecified atom stereocenters. The third kappa shape index (κ3) is 16.2. The molecule has 0 aliphatic rings. The minimum atomic E-state index is -2.17. The zero-order valence-corrected chi connectivity index (χ0v) is 40.6. The second-order valence-corrected chi connectivity index (χ2v) is 22.6. The molecule has 0 bridgehead atoms. The highest BCUT2D eigenvalue weighted by Gasteiger charge is 2.42. The van der Waals surface area contributed by atoms with E-state index in [1.54, 1.807) is 0 Å². The Bertz CT molecular complexity index is 1250. The van der Waals surface area contributed by atoms with Gasteiger partial charge < -0.3 is 13.9 Å². The van der Waals surface area contributed by atoms with E-state index in [-0.39, 0.29) is 21.7 Å². The van der Waals surface area contributed by atoms with Crippen LogP contribution in [0.5, 0.6) is 11.5 Å². The van der Waals surface area contributed by atoms with Crippen molar-refractivity contribution in [3.05, 3.63) is 59.7 Å². The Morgan fingerprint density at radius 2 is 0.750 bits per heavy atom. The largest absolute Gasteiger partial charge is 0.460 e. The van der Waals surface area contributed by atoms with Crippen molar-refractivity contribution in [2.75, 3.05) is 0 Å². The molecular weight excluding hydrogens is 704 g/mol. The van der Waals surface area contributed by atoms with Crippen LogP contribution in [0.25, 0.3) is 0 Å². The van der Waals surface area contributed by atoms with E-state index >= 15 is 0 Å². The molecule has 0 spiro atoms. The van der Waals surface area contributed by atoms with Crippen molar-refractivity contribution in [1.82, 2.24) is 0 Å². The average molecular weight is 795 g/mol. The Labute approximate surface area is 350 Å². The van der Waals surface area contributed by atoms with E-state index < -0.39 is 8.60 Å². The van der Waals surface area contributed by atoms with Gasteiger partial charge in [0, 0.05) is 0 Å². The van der Waals surface area contributed by atoms with E-state index in [0.29, 0.717) is 35.5 Å². The van der Waals surface area contributed by atoms with E-state index in [0.717, 1.165) is 48.3 Å². The van der Waals surface area contributed by atoms with Gasteiger partial charge in [0.25, 0.3) is 0 Å². The lowest BCUT2D eigenvalue weighted by atomic mass is 9.59. The van der Waals surface area contributed by atoms with Crippen molar-refractivity contribution < 1.29 is 13.9 Å². The zero-order valence-electron chi connectivity index (χ0n) is 39.7. The number of hydrogen-bond donors (Lipinski definition) is 1. The van der Waals surface area contributed by atoms with Crippen LogP contribution >= 0.6 is 8.60 Å². The summed E-state index contributed by atoms with van der Waals surface area (Å²) in [5, 5.41) is 0. The van der Waals surface area contributed by atoms with Crippen LogP contribution in [0, 0.1) is 57.2 Å². The Morgan fingerprint density at radius 3 is 1.04 bits per heavy atom. The lowest BCUT2D eigenvalue weighted by Gasteiger charge is -2.46. The SMILES string of the molecule is CCCCC(C(CCC)C(C)(C)C)C(CCc1ccccc1OP(O)Oc1ccccc1CCC(C(CCCC)C(CCC)C(C)(C)C)C(C)(C)C)C(C)(C)C. The van der Waals surface area contributed by atoms with Crippen LogP contribution in [0.4, 0.5) is 0 Å². The van der Waals surface area contributed by atoms with Gasteiger partial charge in [-0.25, -0.2) is 0 Å². The first kappa shape index (κ1) is 50.6. The molecular formula is C52H91O3P. The van der Waals surface area contributed by atoms with Crippen LogP contribution in [0.3, 0.4) is 0 Å². The second-order valence-electron chi connectivity index (χ2n) is 21.8. The third-order valence-electron chi connectivity index (χ3n) is 13.2. The van der Waals surface area contributed by atoms with Crippen molar-refractivity contribution in [1.29, 1.82) is 0 Å². The topological polar surface area (TPSA) is 38.7 Å². The molecule has 0 aliphatic carbocycles. The van der Waals surface area contributed by atoms with Crippen LogP contribution in [0.1, 0.15) is 199 Å². The molecule has 0 amide bonds. The molecule has 2 aromatic rings. The fourth-order valence-corrected chi connectivity index (χ4v) is 11.2. The predicted octanol–water partition coefficient (Wildman–Crippen LogP) is 17.1. The molecule has 322 valence electrons. The van der Waals surface area contributed by atoms with Crippen LogP contribution < -0.4 is 9.05 Å². The van der Waals surface area contributed by atoms with Crippen molar-refractivity contribution in [2.45, 2.75) is 201 Å². The molecule has 6 atom stereocenters. The first-order valence-corrected chi connectivity index (χ1v) is 24.2. The summed E-state index contributed by atoms with van der Waals surface area (Å²) < 4.78 is 12.7. The van der Waals surface area contributed by atoms with Gasteiger partial charge in [-0.05, 0) is 132 Å². The normalized spacial score (nSPS) is 16.8. The van der Waals surface area contributed by atoms with Gasteiger partial charge in [0.1, 0.15) is 11.5 Å². The standard InChI is InChI=1S/C52H91O3P/c1-17-21-31-41(43(27-19-3)49(5,6)7)45(51(11,12)13)37-35-39-29-23-25-33-47(39)54-56(53)55-48-34-26-24-30-40(48)36-38-46(52(14,15)16)42(32-22-18-2)44(28-20-4)50(8,9)10/h23-26,29-30,33-34,41-46,53H,17-22,27-28,31-32,35-38H2,1-16H3. The van der Waals surface area contributed by atoms with Crippen LogP contribution in [0.2, 0.25) is 0 Å². The lowest BCUT2D eigenvalue weighted by Crippen LogP contribution is -2.38. The number of unbranched alkanes of at least 4 members (excludes halogenated alkanes) is 2. The van der Waals surface area contributed by atoms with Gasteiger partial charge >= 0.3 is 8.60 Å². The number of rotatable bonds is 24. The fourth-order valence-electron chi connectivity index (χ4n) is 10.4. The van der Waals surface area contributed by atoms with Gasteiger partial charge in [-0.1, -0.05) is 186 Å². The van der Waals surface area contributed by atoms with Crippen molar-refractivity contribution in [3.63, 3.8) is 0 Å². The first-order valence-electron chi connectivity index (χ1n) is 23.1. The molecule has 2 rings (SSSR count). The summed E-state index contributed by atoms with van der Waals surface area (Å²) in [5.41, 5.74) is 3.23. The highest BCUT2D eigenvalue weighted by molar-refractivity contribution is 7.41. The maximum atomic E-state index is 11.5. The Kier molecular flexibility index (Phi) is 21.0. The van der Waals surface area contributed by atoms with Crippen molar-refractivity contribution >= 4 is 8.60 Å². The van der Waals surface area contributed by atoms with Gasteiger partial charge in [0.2, 0.25) is 0 Å². The molecule has 0 aliphatic heterocycles. The number of aryl methyl sites for hydroxylation is 2. The highest BCUT2D eigenvalue weighted by atomic mass is 31.2. The van der Waals surface area contributed by atoms with E-state index in [1.165, 1.54) is 64.2 Å². The maximum Gasteiger partial charge on any atom is 0.460 e. The minimum Gasteiger partial charge on any atom is -0.418 e. The van der Waals surface area contributed by atoms with E-state index in [4.69, 9.17) is 9.05 Å². The number of benzene rings is 2. The number of hydrogen-bond acceptors (Lipinski definition) is 3. The first-order chi connectivity index (χ1) is 26.1. The Hall–Kier alpha value is -1.57. The van der Waals surface area contributed by atoms with Crippen LogP contribution in [-0.4, -0.2) is 4.89 Å². The Balaban J connectivity index is 2.33. The predicted molar refractivity (Wildman–Crippen MR) is 248 cm³/mol. The van der Waals surface area contributed by atoms with Gasteiger partial charge in [0.05, 0.1) is 0 Å². The van der Waals surface area contributed by atoms with Gasteiger partial charge in [-0.2, -0.15) is 0 Å². The number of para-hydroxylation sites is 2. The molecule has 0 saturated carbocycles. The van der Waals surface area contributed by atoms with E-state index in [2.05, 4.69) is 135 Å². The highest BCUT2D eigenvalue weighted by Crippen LogP contribution is 2.51. The summed E-state index contributed by atoms with van der Waals surface area (Å²) >= 11 is 0. The lowest BCUT2D eigenvalue weighted by molar-refractivity contribution is 0.0335. The second kappa shape index (κ2) is 23.3. The molecule has 2 aromatic carbocycles. The van der Waals surface area contributed by atoms with Crippen molar-refractivity contribution in [2.24, 2.45) is 57.2 Å². The molecule has 4 heteroatoms. The monoisotopic (exact) mass is 795 g/mol. The Morgan fingerprint density at radius 1 is 0.446 bits per heavy atom. The molecule has 0 saturated heterocycles. The van der Waals surface area contributed by atoms with Crippen LogP contribution in [-0.2, 0) is 12.8 Å². The molecule has 0 aromatic heterocycles. The molecule has 56 heavy (non-hydrogen) atoms. The summed E-state index contributed by atoms with van der Waals surface area (Å²) in [5.74, 6) is 5.36. The van der Waals surface area contributed by atoms with Crippen molar-refractivity contribution in [3.8, 4) is 11.5 Å². The van der Waals surface area contributed by atoms with Crippen LogP contribution in [0.15, 0.2) is 48.5 Å². The third-order valence-corrected chi connectivity index (χ3v) is 14.0. The smallest absolute Gasteiger partial charge is 0.418 e. The summed E-state index contributed by atoms with van der Waals surface area (Å²) in [6.45, 7) is 38.8. The molecule has 0 heterocycles. The summed E-state index contributed by atoms with van der Waals surface area (Å²) in [7, 11) is -2.17. The molecule has 0 fully saturated rings.